The fourth-order valence-electron chi connectivity index (χ4n) is 4.19. The average molecular weight is 400 g/mol. The highest BCUT2D eigenvalue weighted by Gasteiger charge is 2.38. The van der Waals surface area contributed by atoms with E-state index in [0.29, 0.717) is 5.56 Å². The van der Waals surface area contributed by atoms with Gasteiger partial charge in [-0.3, -0.25) is 9.48 Å². The van der Waals surface area contributed by atoms with Gasteiger partial charge in [-0.15, -0.1) is 0 Å². The molecule has 30 heavy (non-hydrogen) atoms. The maximum absolute atomic E-state index is 13.9. The number of carbonyl (C=O) groups excluding carboxylic acids is 1. The number of pyridine rings is 1. The fraction of sp³-hybridized carbons (Fsp3) is 0.292. The standard InChI is InChI=1S/C24H24N4O2/c1-15-22-19(24(29)28(18-11-12-18)16(2)21-10-7-13-30-21)14-20(17-8-5-4-6-9-17)25-23(22)27(3)26-15/h4-10,13-14,16,18H,11-12H2,1-3H3. The van der Waals surface area contributed by atoms with Crippen molar-refractivity contribution in [1.29, 1.82) is 0 Å². The fourth-order valence-corrected chi connectivity index (χ4v) is 4.19. The van der Waals surface area contributed by atoms with Gasteiger partial charge in [0.2, 0.25) is 0 Å². The number of fused-ring (bicyclic) bond motifs is 1. The van der Waals surface area contributed by atoms with Crippen LogP contribution in [0.5, 0.6) is 0 Å². The monoisotopic (exact) mass is 400 g/mol. The van der Waals surface area contributed by atoms with E-state index in [9.17, 15) is 4.79 Å². The Morgan fingerprint density at radius 2 is 1.97 bits per heavy atom. The number of carbonyl (C=O) groups is 1. The molecular formula is C24H24N4O2. The maximum Gasteiger partial charge on any atom is 0.255 e. The van der Waals surface area contributed by atoms with Gasteiger partial charge in [-0.2, -0.15) is 5.10 Å². The number of nitrogens with zero attached hydrogens (tertiary/aromatic N) is 4. The predicted octanol–water partition coefficient (Wildman–Crippen LogP) is 4.90. The number of hydrogen-bond acceptors (Lipinski definition) is 4. The number of amides is 1. The molecule has 4 aromatic rings. The van der Waals surface area contributed by atoms with Gasteiger partial charge in [0.25, 0.3) is 5.91 Å². The van der Waals surface area contributed by atoms with Gasteiger partial charge in [0.1, 0.15) is 5.76 Å². The summed E-state index contributed by atoms with van der Waals surface area (Å²) >= 11 is 0. The van der Waals surface area contributed by atoms with Crippen molar-refractivity contribution in [3.05, 3.63) is 71.8 Å². The molecule has 0 N–H and O–H groups in total. The normalized spacial score (nSPS) is 14.8. The molecule has 1 aliphatic carbocycles. The third-order valence-corrected chi connectivity index (χ3v) is 5.82. The average Bonchev–Trinajstić information content (AvgIpc) is 3.34. The van der Waals surface area contributed by atoms with Gasteiger partial charge in [0.05, 0.1) is 34.6 Å². The van der Waals surface area contributed by atoms with E-state index in [1.165, 1.54) is 0 Å². The van der Waals surface area contributed by atoms with Gasteiger partial charge in [0.15, 0.2) is 5.65 Å². The lowest BCUT2D eigenvalue weighted by Gasteiger charge is -2.28. The first-order valence-electron chi connectivity index (χ1n) is 10.3. The SMILES string of the molecule is Cc1nn(C)c2nc(-c3ccccc3)cc(C(=O)N(C3CC3)C(C)c3ccco3)c12. The molecule has 1 saturated carbocycles. The van der Waals surface area contributed by atoms with Crippen molar-refractivity contribution in [3.63, 3.8) is 0 Å². The molecule has 0 spiro atoms. The first-order chi connectivity index (χ1) is 14.5. The number of aromatic nitrogens is 3. The Morgan fingerprint density at radius 1 is 1.20 bits per heavy atom. The molecule has 1 aromatic carbocycles. The first-order valence-corrected chi connectivity index (χ1v) is 10.3. The highest BCUT2D eigenvalue weighted by molar-refractivity contribution is 6.07. The van der Waals surface area contributed by atoms with E-state index in [1.807, 2.05) is 74.3 Å². The van der Waals surface area contributed by atoms with Gasteiger partial charge >= 0.3 is 0 Å². The largest absolute Gasteiger partial charge is 0.467 e. The van der Waals surface area contributed by atoms with Gasteiger partial charge in [-0.05, 0) is 44.9 Å². The summed E-state index contributed by atoms with van der Waals surface area (Å²) in [6.45, 7) is 3.96. The number of furan rings is 1. The van der Waals surface area contributed by atoms with Crippen LogP contribution in [-0.2, 0) is 7.05 Å². The summed E-state index contributed by atoms with van der Waals surface area (Å²) < 4.78 is 7.38. The van der Waals surface area contributed by atoms with Crippen molar-refractivity contribution < 1.29 is 9.21 Å². The van der Waals surface area contributed by atoms with Gasteiger partial charge in [-0.1, -0.05) is 30.3 Å². The zero-order valence-corrected chi connectivity index (χ0v) is 17.4. The van der Waals surface area contributed by atoms with Crippen LogP contribution >= 0.6 is 0 Å². The van der Waals surface area contributed by atoms with E-state index in [0.717, 1.165) is 46.6 Å². The molecule has 3 aromatic heterocycles. The number of benzene rings is 1. The lowest BCUT2D eigenvalue weighted by atomic mass is 10.0. The van der Waals surface area contributed by atoms with E-state index in [1.54, 1.807) is 10.9 Å². The molecule has 1 fully saturated rings. The van der Waals surface area contributed by atoms with E-state index >= 15 is 0 Å². The zero-order chi connectivity index (χ0) is 20.8. The molecule has 0 saturated heterocycles. The summed E-state index contributed by atoms with van der Waals surface area (Å²) in [7, 11) is 1.87. The second-order valence-electron chi connectivity index (χ2n) is 7.96. The van der Waals surface area contributed by atoms with Crippen LogP contribution in [0.4, 0.5) is 0 Å². The van der Waals surface area contributed by atoms with Crippen LogP contribution in [0.3, 0.4) is 0 Å². The van der Waals surface area contributed by atoms with Crippen molar-refractivity contribution in [3.8, 4) is 11.3 Å². The third-order valence-electron chi connectivity index (χ3n) is 5.82. The number of hydrogen-bond donors (Lipinski definition) is 0. The number of aryl methyl sites for hydroxylation is 2. The quantitative estimate of drug-likeness (QED) is 0.478. The highest BCUT2D eigenvalue weighted by Crippen LogP contribution is 2.37. The second-order valence-corrected chi connectivity index (χ2v) is 7.96. The minimum Gasteiger partial charge on any atom is -0.467 e. The van der Waals surface area contributed by atoms with Crippen LogP contribution in [0.25, 0.3) is 22.3 Å². The Kier molecular flexibility index (Phi) is 4.42. The second kappa shape index (κ2) is 7.13. The van der Waals surface area contributed by atoms with Crippen molar-refractivity contribution in [1.82, 2.24) is 19.7 Å². The minimum atomic E-state index is -0.139. The van der Waals surface area contributed by atoms with Gasteiger partial charge < -0.3 is 9.32 Å². The summed E-state index contributed by atoms with van der Waals surface area (Å²) in [5.41, 5.74) is 3.93. The van der Waals surface area contributed by atoms with Crippen molar-refractivity contribution in [2.75, 3.05) is 0 Å². The van der Waals surface area contributed by atoms with Crippen LogP contribution in [-0.4, -0.2) is 31.6 Å². The molecular weight excluding hydrogens is 376 g/mol. The molecule has 0 aliphatic heterocycles. The van der Waals surface area contributed by atoms with Crippen LogP contribution < -0.4 is 0 Å². The Labute approximate surface area is 175 Å². The third kappa shape index (κ3) is 3.09. The molecule has 1 aliphatic rings. The van der Waals surface area contributed by atoms with Gasteiger partial charge in [-0.25, -0.2) is 4.98 Å². The molecule has 1 unspecified atom stereocenters. The van der Waals surface area contributed by atoms with Crippen LogP contribution in [0.15, 0.2) is 59.2 Å². The summed E-state index contributed by atoms with van der Waals surface area (Å²) in [6, 6.07) is 15.8. The first kappa shape index (κ1) is 18.6. The van der Waals surface area contributed by atoms with E-state index in [2.05, 4.69) is 5.10 Å². The lowest BCUT2D eigenvalue weighted by molar-refractivity contribution is 0.0654. The van der Waals surface area contributed by atoms with Crippen molar-refractivity contribution in [2.45, 2.75) is 38.8 Å². The van der Waals surface area contributed by atoms with Crippen LogP contribution in [0.1, 0.15) is 47.6 Å². The Morgan fingerprint density at radius 3 is 2.63 bits per heavy atom. The topological polar surface area (TPSA) is 64.2 Å². The van der Waals surface area contributed by atoms with E-state index in [4.69, 9.17) is 9.40 Å². The van der Waals surface area contributed by atoms with E-state index in [-0.39, 0.29) is 18.0 Å². The summed E-state index contributed by atoms with van der Waals surface area (Å²) in [6.07, 6.45) is 3.69. The minimum absolute atomic E-state index is 0.00193. The Hall–Kier alpha value is -3.41. The van der Waals surface area contributed by atoms with Crippen LogP contribution in [0.2, 0.25) is 0 Å². The van der Waals surface area contributed by atoms with E-state index < -0.39 is 0 Å². The molecule has 5 rings (SSSR count). The maximum atomic E-state index is 13.9. The Bertz CT molecular complexity index is 1210. The summed E-state index contributed by atoms with van der Waals surface area (Å²) in [5, 5.41) is 5.37. The lowest BCUT2D eigenvalue weighted by Crippen LogP contribution is -2.35. The molecule has 0 bridgehead atoms. The molecule has 0 radical (unpaired) electrons. The molecule has 1 atom stereocenters. The van der Waals surface area contributed by atoms with Crippen molar-refractivity contribution in [2.24, 2.45) is 7.05 Å². The molecule has 3 heterocycles. The summed E-state index contributed by atoms with van der Waals surface area (Å²) in [4.78, 5) is 20.7. The predicted molar refractivity (Wildman–Crippen MR) is 115 cm³/mol. The zero-order valence-electron chi connectivity index (χ0n) is 17.4. The molecule has 1 amide bonds. The van der Waals surface area contributed by atoms with Crippen LogP contribution in [0, 0.1) is 6.92 Å². The molecule has 6 nitrogen and oxygen atoms in total. The smallest absolute Gasteiger partial charge is 0.255 e. The van der Waals surface area contributed by atoms with Gasteiger partial charge in [0, 0.05) is 18.7 Å². The molecule has 152 valence electrons. The van der Waals surface area contributed by atoms with Crippen molar-refractivity contribution >= 4 is 16.9 Å². The number of rotatable bonds is 5. The highest BCUT2D eigenvalue weighted by atomic mass is 16.3. The Balaban J connectivity index is 1.67. The molecule has 6 heteroatoms. The summed E-state index contributed by atoms with van der Waals surface area (Å²) in [5.74, 6) is 0.800.